The van der Waals surface area contributed by atoms with Gasteiger partial charge in [-0.1, -0.05) is 61.0 Å². The fraction of sp³-hybridized carbons (Fsp3) is 0.238. The third kappa shape index (κ3) is 5.07. The minimum atomic E-state index is -1.14. The molecule has 1 atom stereocenters. The highest BCUT2D eigenvalue weighted by atomic mass is 35.5. The molecule has 1 unspecified atom stereocenters. The minimum Gasteiger partial charge on any atom is -0.462 e. The van der Waals surface area contributed by atoms with E-state index in [2.05, 4.69) is 5.73 Å². The molecule has 0 aliphatic heterocycles. The van der Waals surface area contributed by atoms with Gasteiger partial charge in [-0.2, -0.15) is 0 Å². The number of aliphatic hydroxyl groups is 1. The van der Waals surface area contributed by atoms with Crippen LogP contribution in [0.15, 0.2) is 65.9 Å². The van der Waals surface area contributed by atoms with Crippen molar-refractivity contribution in [3.8, 4) is 0 Å². The Bertz CT molecular complexity index is 773. The first-order chi connectivity index (χ1) is 12.1. The van der Waals surface area contributed by atoms with E-state index < -0.39 is 12.1 Å². The SMILES string of the molecule is CCOC(=O)C(=C=C(CC)c1ccccc1)C(O)c1ccc(Cl)cc1. The molecule has 0 amide bonds. The number of hydrogen-bond donors (Lipinski definition) is 1. The van der Waals surface area contributed by atoms with Crippen LogP contribution in [0.25, 0.3) is 5.57 Å². The van der Waals surface area contributed by atoms with E-state index >= 15 is 0 Å². The van der Waals surface area contributed by atoms with E-state index in [1.54, 1.807) is 31.2 Å². The number of aliphatic hydroxyl groups excluding tert-OH is 1. The number of esters is 1. The summed E-state index contributed by atoms with van der Waals surface area (Å²) in [6.45, 7) is 3.93. The van der Waals surface area contributed by atoms with Crippen molar-refractivity contribution in [1.29, 1.82) is 0 Å². The van der Waals surface area contributed by atoms with E-state index in [0.29, 0.717) is 17.0 Å². The molecule has 0 radical (unpaired) electrons. The Balaban J connectivity index is 2.56. The number of carbonyl (C=O) groups is 1. The molecule has 0 saturated carbocycles. The highest BCUT2D eigenvalue weighted by Crippen LogP contribution is 2.26. The highest BCUT2D eigenvalue weighted by Gasteiger charge is 2.22. The highest BCUT2D eigenvalue weighted by molar-refractivity contribution is 6.30. The molecule has 0 aliphatic rings. The number of halogens is 1. The minimum absolute atomic E-state index is 0.0878. The summed E-state index contributed by atoms with van der Waals surface area (Å²) >= 11 is 5.90. The molecule has 0 fully saturated rings. The van der Waals surface area contributed by atoms with E-state index in [1.807, 2.05) is 37.3 Å². The van der Waals surface area contributed by atoms with Gasteiger partial charge in [0.25, 0.3) is 0 Å². The van der Waals surface area contributed by atoms with E-state index in [-0.39, 0.29) is 12.2 Å². The predicted molar refractivity (Wildman–Crippen MR) is 100 cm³/mol. The molecule has 25 heavy (non-hydrogen) atoms. The molecule has 3 nitrogen and oxygen atoms in total. The second-order valence-corrected chi connectivity index (χ2v) is 5.85. The van der Waals surface area contributed by atoms with E-state index in [9.17, 15) is 9.90 Å². The lowest BCUT2D eigenvalue weighted by Gasteiger charge is -2.13. The van der Waals surface area contributed by atoms with Crippen molar-refractivity contribution >= 4 is 23.1 Å². The maximum atomic E-state index is 12.4. The molecule has 2 aromatic rings. The Morgan fingerprint density at radius 2 is 1.76 bits per heavy atom. The third-order valence-electron chi connectivity index (χ3n) is 3.72. The van der Waals surface area contributed by atoms with Crippen molar-refractivity contribution in [2.45, 2.75) is 26.4 Å². The molecule has 2 aromatic carbocycles. The second-order valence-electron chi connectivity index (χ2n) is 5.41. The van der Waals surface area contributed by atoms with Gasteiger partial charge in [0.1, 0.15) is 11.7 Å². The molecular weight excluding hydrogens is 336 g/mol. The summed E-state index contributed by atoms with van der Waals surface area (Å²) in [4.78, 5) is 12.4. The van der Waals surface area contributed by atoms with Gasteiger partial charge in [0.05, 0.1) is 6.61 Å². The zero-order valence-corrected chi connectivity index (χ0v) is 15.1. The molecule has 0 heterocycles. The van der Waals surface area contributed by atoms with Gasteiger partial charge in [-0.05, 0) is 36.6 Å². The summed E-state index contributed by atoms with van der Waals surface area (Å²) in [6, 6.07) is 16.4. The number of rotatable bonds is 6. The average Bonchev–Trinajstić information content (AvgIpc) is 2.63. The first kappa shape index (κ1) is 19.0. The molecule has 0 aliphatic carbocycles. The number of carbonyl (C=O) groups excluding carboxylic acids is 1. The normalized spacial score (nSPS) is 11.4. The van der Waals surface area contributed by atoms with Crippen molar-refractivity contribution in [2.75, 3.05) is 6.61 Å². The number of ether oxygens (including phenoxy) is 1. The lowest BCUT2D eigenvalue weighted by atomic mass is 9.98. The number of benzene rings is 2. The topological polar surface area (TPSA) is 46.5 Å². The summed E-state index contributed by atoms with van der Waals surface area (Å²) < 4.78 is 5.11. The largest absolute Gasteiger partial charge is 0.462 e. The van der Waals surface area contributed by atoms with Crippen molar-refractivity contribution in [3.63, 3.8) is 0 Å². The Hall–Kier alpha value is -2.32. The molecule has 2 rings (SSSR count). The van der Waals surface area contributed by atoms with Gasteiger partial charge < -0.3 is 9.84 Å². The van der Waals surface area contributed by atoms with Crippen LogP contribution in [0, 0.1) is 0 Å². The molecule has 0 saturated heterocycles. The van der Waals surface area contributed by atoms with E-state index in [0.717, 1.165) is 11.1 Å². The van der Waals surface area contributed by atoms with Crippen LogP contribution in [0.1, 0.15) is 37.5 Å². The number of hydrogen-bond acceptors (Lipinski definition) is 3. The van der Waals surface area contributed by atoms with Gasteiger partial charge in [-0.15, -0.1) is 5.73 Å². The van der Waals surface area contributed by atoms with Crippen LogP contribution >= 0.6 is 11.6 Å². The molecule has 0 spiro atoms. The van der Waals surface area contributed by atoms with Crippen molar-refractivity contribution in [1.82, 2.24) is 0 Å². The molecule has 0 bridgehead atoms. The van der Waals surface area contributed by atoms with Crippen LogP contribution in [0.2, 0.25) is 5.02 Å². The predicted octanol–water partition coefficient (Wildman–Crippen LogP) is 4.96. The maximum Gasteiger partial charge on any atom is 0.344 e. The van der Waals surface area contributed by atoms with Crippen LogP contribution < -0.4 is 0 Å². The van der Waals surface area contributed by atoms with E-state index in [1.165, 1.54) is 0 Å². The second kappa shape index (κ2) is 9.24. The van der Waals surface area contributed by atoms with Crippen LogP contribution in [0.4, 0.5) is 0 Å². The zero-order valence-electron chi connectivity index (χ0n) is 14.3. The first-order valence-corrected chi connectivity index (χ1v) is 8.60. The average molecular weight is 357 g/mol. The summed E-state index contributed by atoms with van der Waals surface area (Å²) in [5.74, 6) is -0.577. The van der Waals surface area contributed by atoms with Crippen LogP contribution in [0.5, 0.6) is 0 Å². The Morgan fingerprint density at radius 3 is 2.32 bits per heavy atom. The molecule has 0 aromatic heterocycles. The van der Waals surface area contributed by atoms with Crippen LogP contribution in [-0.4, -0.2) is 17.7 Å². The monoisotopic (exact) mass is 356 g/mol. The van der Waals surface area contributed by atoms with Crippen molar-refractivity contribution in [2.24, 2.45) is 0 Å². The molecular formula is C21H21ClO3. The summed E-state index contributed by atoms with van der Waals surface area (Å²) in [5, 5.41) is 11.3. The molecule has 130 valence electrons. The van der Waals surface area contributed by atoms with Crippen molar-refractivity contribution < 1.29 is 14.6 Å². The fourth-order valence-corrected chi connectivity index (χ4v) is 2.54. The summed E-state index contributed by atoms with van der Waals surface area (Å²) in [7, 11) is 0. The maximum absolute atomic E-state index is 12.4. The smallest absolute Gasteiger partial charge is 0.344 e. The van der Waals surface area contributed by atoms with Gasteiger partial charge in [0.2, 0.25) is 0 Å². The third-order valence-corrected chi connectivity index (χ3v) is 3.97. The van der Waals surface area contributed by atoms with E-state index in [4.69, 9.17) is 16.3 Å². The Morgan fingerprint density at radius 1 is 1.12 bits per heavy atom. The van der Waals surface area contributed by atoms with Gasteiger partial charge in [-0.25, -0.2) is 4.79 Å². The fourth-order valence-electron chi connectivity index (χ4n) is 2.42. The summed E-state index contributed by atoms with van der Waals surface area (Å²) in [5.41, 5.74) is 5.52. The molecule has 1 N–H and O–H groups in total. The standard InChI is InChI=1S/C21H21ClO3/c1-3-15(16-8-6-5-7-9-16)14-19(21(24)25-4-2)20(23)17-10-12-18(22)13-11-17/h5-13,20,23H,3-4H2,1-2H3. The first-order valence-electron chi connectivity index (χ1n) is 8.22. The Labute approximate surface area is 153 Å². The lowest BCUT2D eigenvalue weighted by Crippen LogP contribution is -2.14. The van der Waals surface area contributed by atoms with Gasteiger partial charge in [0, 0.05) is 10.6 Å². The van der Waals surface area contributed by atoms with Crippen molar-refractivity contribution in [3.05, 3.63) is 82.1 Å². The van der Waals surface area contributed by atoms with Crippen LogP contribution in [-0.2, 0) is 9.53 Å². The van der Waals surface area contributed by atoms with Gasteiger partial charge in [-0.3, -0.25) is 0 Å². The zero-order chi connectivity index (χ0) is 18.2. The van der Waals surface area contributed by atoms with Gasteiger partial charge in [0.15, 0.2) is 0 Å². The molecule has 4 heteroatoms. The Kier molecular flexibility index (Phi) is 7.03. The van der Waals surface area contributed by atoms with Crippen LogP contribution in [0.3, 0.4) is 0 Å². The quantitative estimate of drug-likeness (QED) is 0.452. The summed E-state index contributed by atoms with van der Waals surface area (Å²) in [6.07, 6.45) is -0.471. The van der Waals surface area contributed by atoms with Gasteiger partial charge >= 0.3 is 5.97 Å². The lowest BCUT2D eigenvalue weighted by molar-refractivity contribution is -0.139.